The van der Waals surface area contributed by atoms with E-state index in [4.69, 9.17) is 0 Å². The van der Waals surface area contributed by atoms with Crippen molar-refractivity contribution in [1.82, 2.24) is 4.57 Å². The molecule has 0 radical (unpaired) electrons. The molecule has 3 aromatic rings. The number of aryl methyl sites for hydroxylation is 3. The van der Waals surface area contributed by atoms with Crippen LogP contribution in [0.25, 0.3) is 5.69 Å². The minimum atomic E-state index is 0.978. The Hall–Kier alpha value is -1.88. The number of aromatic nitrogens is 1. The molecule has 1 heterocycles. The highest BCUT2D eigenvalue weighted by Gasteiger charge is 2.10. The molecule has 2 nitrogen and oxygen atoms in total. The van der Waals surface area contributed by atoms with E-state index in [-0.39, 0.29) is 0 Å². The number of hydrogen-bond acceptors (Lipinski definition) is 1. The maximum atomic E-state index is 4.62. The summed E-state index contributed by atoms with van der Waals surface area (Å²) >= 11 is 2.31. The molecule has 24 heavy (non-hydrogen) atoms. The summed E-state index contributed by atoms with van der Waals surface area (Å²) in [5.74, 6) is 0. The van der Waals surface area contributed by atoms with Gasteiger partial charge in [0.25, 0.3) is 0 Å². The van der Waals surface area contributed by atoms with Crippen LogP contribution in [0.4, 0.5) is 5.69 Å². The van der Waals surface area contributed by atoms with Crippen LogP contribution in [0.1, 0.15) is 28.1 Å². The first kappa shape index (κ1) is 17.0. The van der Waals surface area contributed by atoms with Crippen molar-refractivity contribution in [2.75, 3.05) is 0 Å². The van der Waals surface area contributed by atoms with Crippen LogP contribution in [-0.4, -0.2) is 10.8 Å². The molecule has 3 heteroatoms. The number of benzene rings is 2. The molecule has 0 aliphatic rings. The van der Waals surface area contributed by atoms with E-state index >= 15 is 0 Å². The largest absolute Gasteiger partial charge is 0.318 e. The molecular formula is C21H21IN2. The van der Waals surface area contributed by atoms with E-state index in [0.717, 1.165) is 11.3 Å². The Kier molecular flexibility index (Phi) is 4.90. The molecule has 122 valence electrons. The summed E-state index contributed by atoms with van der Waals surface area (Å²) in [6, 6.07) is 17.0. The fourth-order valence-corrected chi connectivity index (χ4v) is 3.21. The third-order valence-electron chi connectivity index (χ3n) is 4.40. The molecule has 0 fully saturated rings. The Morgan fingerprint density at radius 2 is 1.58 bits per heavy atom. The van der Waals surface area contributed by atoms with Gasteiger partial charge >= 0.3 is 0 Å². The lowest BCUT2D eigenvalue weighted by molar-refractivity contribution is 0.961. The topological polar surface area (TPSA) is 17.3 Å². The molecule has 0 atom stereocenters. The van der Waals surface area contributed by atoms with Crippen molar-refractivity contribution in [2.24, 2.45) is 4.99 Å². The zero-order valence-electron chi connectivity index (χ0n) is 14.5. The predicted molar refractivity (Wildman–Crippen MR) is 111 cm³/mol. The quantitative estimate of drug-likeness (QED) is 0.356. The number of rotatable bonds is 3. The molecule has 0 saturated carbocycles. The van der Waals surface area contributed by atoms with Gasteiger partial charge in [0, 0.05) is 32.4 Å². The lowest BCUT2D eigenvalue weighted by Gasteiger charge is -2.11. The third-order valence-corrected chi connectivity index (χ3v) is 5.12. The number of hydrogen-bond donors (Lipinski definition) is 0. The lowest BCUT2D eigenvalue weighted by atomic mass is 10.1. The van der Waals surface area contributed by atoms with Gasteiger partial charge in [0.05, 0.1) is 5.69 Å². The van der Waals surface area contributed by atoms with Crippen molar-refractivity contribution in [3.8, 4) is 5.69 Å². The number of aliphatic imine (C=N–C) groups is 1. The standard InChI is InChI=1S/C21H21IN2/c1-14-5-10-21(11-15(14)2)24-16(3)12-18(17(24)4)13-23-20-8-6-19(22)7-9-20/h5-13H,1-4H3. The summed E-state index contributed by atoms with van der Waals surface area (Å²) in [5.41, 5.74) is 8.42. The number of nitrogens with zero attached hydrogens (tertiary/aromatic N) is 2. The highest BCUT2D eigenvalue weighted by atomic mass is 127. The highest BCUT2D eigenvalue weighted by molar-refractivity contribution is 14.1. The van der Waals surface area contributed by atoms with Gasteiger partial charge in [0.2, 0.25) is 0 Å². The molecule has 1 aromatic heterocycles. The van der Waals surface area contributed by atoms with E-state index in [1.54, 1.807) is 0 Å². The third kappa shape index (κ3) is 3.46. The van der Waals surface area contributed by atoms with Gasteiger partial charge in [-0.3, -0.25) is 4.99 Å². The Morgan fingerprint density at radius 1 is 0.875 bits per heavy atom. The first-order valence-electron chi connectivity index (χ1n) is 8.02. The average Bonchev–Trinajstić information content (AvgIpc) is 2.84. The summed E-state index contributed by atoms with van der Waals surface area (Å²) in [5, 5.41) is 0. The molecule has 0 bridgehead atoms. The zero-order valence-corrected chi connectivity index (χ0v) is 16.6. The molecule has 0 aliphatic carbocycles. The molecule has 0 N–H and O–H groups in total. The van der Waals surface area contributed by atoms with Gasteiger partial charge in [-0.15, -0.1) is 0 Å². The Balaban J connectivity index is 1.97. The molecule has 0 aliphatic heterocycles. The summed E-state index contributed by atoms with van der Waals surface area (Å²) in [7, 11) is 0. The maximum Gasteiger partial charge on any atom is 0.0630 e. The van der Waals surface area contributed by atoms with Crippen molar-refractivity contribution in [2.45, 2.75) is 27.7 Å². The van der Waals surface area contributed by atoms with Crippen LogP contribution < -0.4 is 0 Å². The van der Waals surface area contributed by atoms with Crippen LogP contribution in [0.15, 0.2) is 53.5 Å². The smallest absolute Gasteiger partial charge is 0.0630 e. The van der Waals surface area contributed by atoms with Gasteiger partial charge in [-0.05, 0) is 104 Å². The molecule has 3 rings (SSSR count). The van der Waals surface area contributed by atoms with Crippen LogP contribution in [0.2, 0.25) is 0 Å². The maximum absolute atomic E-state index is 4.62. The molecule has 0 saturated heterocycles. The first-order chi connectivity index (χ1) is 11.5. The van der Waals surface area contributed by atoms with Crippen LogP contribution in [0.3, 0.4) is 0 Å². The molecule has 0 spiro atoms. The number of halogens is 1. The van der Waals surface area contributed by atoms with E-state index in [1.807, 2.05) is 18.3 Å². The first-order valence-corrected chi connectivity index (χ1v) is 9.10. The van der Waals surface area contributed by atoms with Crippen molar-refractivity contribution in [3.05, 3.63) is 80.2 Å². The van der Waals surface area contributed by atoms with Crippen LogP contribution >= 0.6 is 22.6 Å². The van der Waals surface area contributed by atoms with E-state index in [1.165, 1.54) is 31.8 Å². The van der Waals surface area contributed by atoms with Crippen molar-refractivity contribution in [3.63, 3.8) is 0 Å². The fourth-order valence-electron chi connectivity index (χ4n) is 2.85. The van der Waals surface area contributed by atoms with Gasteiger partial charge in [0.1, 0.15) is 0 Å². The Bertz CT molecular complexity index is 902. The zero-order chi connectivity index (χ0) is 17.3. The van der Waals surface area contributed by atoms with Crippen LogP contribution in [0, 0.1) is 31.3 Å². The summed E-state index contributed by atoms with van der Waals surface area (Å²) < 4.78 is 3.52. The summed E-state index contributed by atoms with van der Waals surface area (Å²) in [6.07, 6.45) is 1.96. The van der Waals surface area contributed by atoms with Crippen LogP contribution in [-0.2, 0) is 0 Å². The van der Waals surface area contributed by atoms with Crippen LogP contribution in [0.5, 0.6) is 0 Å². The van der Waals surface area contributed by atoms with Gasteiger partial charge in [-0.25, -0.2) is 0 Å². The van der Waals surface area contributed by atoms with Crippen molar-refractivity contribution >= 4 is 34.5 Å². The predicted octanol–water partition coefficient (Wildman–Crippen LogP) is 6.07. The second kappa shape index (κ2) is 6.93. The fraction of sp³-hybridized carbons (Fsp3) is 0.190. The van der Waals surface area contributed by atoms with Gasteiger partial charge in [-0.2, -0.15) is 0 Å². The van der Waals surface area contributed by atoms with E-state index < -0.39 is 0 Å². The molecule has 0 unspecified atom stereocenters. The second-order valence-corrected chi connectivity index (χ2v) is 7.41. The second-order valence-electron chi connectivity index (χ2n) is 6.17. The highest BCUT2D eigenvalue weighted by Crippen LogP contribution is 2.22. The molecule has 2 aromatic carbocycles. The Morgan fingerprint density at radius 3 is 2.25 bits per heavy atom. The monoisotopic (exact) mass is 428 g/mol. The minimum absolute atomic E-state index is 0.978. The van der Waals surface area contributed by atoms with E-state index in [9.17, 15) is 0 Å². The average molecular weight is 428 g/mol. The summed E-state index contributed by atoms with van der Waals surface area (Å²) in [4.78, 5) is 4.62. The van der Waals surface area contributed by atoms with Crippen molar-refractivity contribution < 1.29 is 0 Å². The molecular weight excluding hydrogens is 407 g/mol. The lowest BCUT2D eigenvalue weighted by Crippen LogP contribution is -2.00. The summed E-state index contributed by atoms with van der Waals surface area (Å²) in [6.45, 7) is 8.60. The van der Waals surface area contributed by atoms with Gasteiger partial charge in [-0.1, -0.05) is 6.07 Å². The van der Waals surface area contributed by atoms with Gasteiger partial charge in [0.15, 0.2) is 0 Å². The van der Waals surface area contributed by atoms with E-state index in [0.29, 0.717) is 0 Å². The molecule has 0 amide bonds. The normalized spacial score (nSPS) is 11.4. The SMILES string of the molecule is Cc1ccc(-n2c(C)cc(C=Nc3ccc(I)cc3)c2C)cc1C. The minimum Gasteiger partial charge on any atom is -0.318 e. The van der Waals surface area contributed by atoms with Crippen molar-refractivity contribution in [1.29, 1.82) is 0 Å². The van der Waals surface area contributed by atoms with Gasteiger partial charge < -0.3 is 4.57 Å². The Labute approximate surface area is 157 Å². The van der Waals surface area contributed by atoms with E-state index in [2.05, 4.69) is 96.2 Å².